The van der Waals surface area contributed by atoms with E-state index in [1.54, 1.807) is 0 Å². The minimum absolute atomic E-state index is 0.366. The molecule has 0 nitrogen and oxygen atoms in total. The average molecular weight is 152 g/mol. The van der Waals surface area contributed by atoms with Crippen LogP contribution in [0.5, 0.6) is 0 Å². The third kappa shape index (κ3) is 1.23. The van der Waals surface area contributed by atoms with Gasteiger partial charge >= 0.3 is 0 Å². The summed E-state index contributed by atoms with van der Waals surface area (Å²) in [5, 5.41) is 0. The van der Waals surface area contributed by atoms with E-state index in [1.165, 1.54) is 6.42 Å². The highest BCUT2D eigenvalue weighted by Gasteiger charge is 2.40. The molecule has 1 aliphatic rings. The fourth-order valence-corrected chi connectivity index (χ4v) is 1.71. The van der Waals surface area contributed by atoms with Crippen LogP contribution in [0.3, 0.4) is 0 Å². The molecule has 1 unspecified atom stereocenters. The highest BCUT2D eigenvalue weighted by molar-refractivity contribution is 5.09. The Morgan fingerprint density at radius 3 is 2.09 bits per heavy atom. The second kappa shape index (κ2) is 2.36. The minimum Gasteiger partial charge on any atom is -0.0877 e. The van der Waals surface area contributed by atoms with Crippen molar-refractivity contribution in [2.75, 3.05) is 0 Å². The van der Waals surface area contributed by atoms with Crippen LogP contribution in [0.15, 0.2) is 12.2 Å². The molecule has 0 saturated carbocycles. The molecule has 0 aromatic rings. The van der Waals surface area contributed by atoms with E-state index in [9.17, 15) is 0 Å². The molecule has 1 rings (SSSR count). The molecule has 1 atom stereocenters. The number of hydrogen-bond donors (Lipinski definition) is 0. The predicted molar refractivity (Wildman–Crippen MR) is 50.5 cm³/mol. The zero-order valence-electron chi connectivity index (χ0n) is 8.44. The lowest BCUT2D eigenvalue weighted by atomic mass is 9.58. The Hall–Kier alpha value is -0.260. The van der Waals surface area contributed by atoms with Gasteiger partial charge in [-0.15, -0.1) is 0 Å². The molecule has 1 aliphatic carbocycles. The van der Waals surface area contributed by atoms with Crippen molar-refractivity contribution in [2.24, 2.45) is 16.7 Å². The van der Waals surface area contributed by atoms with E-state index in [-0.39, 0.29) is 0 Å². The van der Waals surface area contributed by atoms with Crippen molar-refractivity contribution in [3.8, 4) is 0 Å². The van der Waals surface area contributed by atoms with Crippen LogP contribution in [0, 0.1) is 16.7 Å². The van der Waals surface area contributed by atoms with Gasteiger partial charge < -0.3 is 0 Å². The summed E-state index contributed by atoms with van der Waals surface area (Å²) in [6.45, 7) is 11.8. The lowest BCUT2D eigenvalue weighted by Gasteiger charge is -2.47. The first-order valence-corrected chi connectivity index (χ1v) is 4.55. The van der Waals surface area contributed by atoms with E-state index < -0.39 is 0 Å². The summed E-state index contributed by atoms with van der Waals surface area (Å²) in [5.41, 5.74) is 0.812. The van der Waals surface area contributed by atoms with Crippen molar-refractivity contribution >= 4 is 0 Å². The summed E-state index contributed by atoms with van der Waals surface area (Å²) in [4.78, 5) is 0. The summed E-state index contributed by atoms with van der Waals surface area (Å²) < 4.78 is 0. The van der Waals surface area contributed by atoms with Crippen LogP contribution in [-0.2, 0) is 0 Å². The molecule has 0 bridgehead atoms. The van der Waals surface area contributed by atoms with Crippen LogP contribution in [0.1, 0.15) is 41.0 Å². The van der Waals surface area contributed by atoms with Gasteiger partial charge in [0.05, 0.1) is 0 Å². The SMILES string of the molecule is CC1CC=CC(C)(C)C1(C)C. The van der Waals surface area contributed by atoms with Gasteiger partial charge in [-0.25, -0.2) is 0 Å². The molecule has 0 heterocycles. The van der Waals surface area contributed by atoms with Crippen molar-refractivity contribution in [3.63, 3.8) is 0 Å². The van der Waals surface area contributed by atoms with Crippen LogP contribution in [0.25, 0.3) is 0 Å². The molecule has 0 spiro atoms. The number of allylic oxidation sites excluding steroid dienone is 2. The molecule has 0 heteroatoms. The van der Waals surface area contributed by atoms with E-state index in [1.807, 2.05) is 0 Å². The van der Waals surface area contributed by atoms with Crippen LogP contribution in [0.2, 0.25) is 0 Å². The van der Waals surface area contributed by atoms with Gasteiger partial charge in [-0.2, -0.15) is 0 Å². The van der Waals surface area contributed by atoms with Crippen LogP contribution < -0.4 is 0 Å². The molecular weight excluding hydrogens is 132 g/mol. The summed E-state index contributed by atoms with van der Waals surface area (Å²) >= 11 is 0. The highest BCUT2D eigenvalue weighted by Crippen LogP contribution is 2.49. The zero-order valence-corrected chi connectivity index (χ0v) is 8.44. The molecule has 0 aromatic heterocycles. The van der Waals surface area contributed by atoms with Gasteiger partial charge in [-0.3, -0.25) is 0 Å². The van der Waals surface area contributed by atoms with E-state index in [4.69, 9.17) is 0 Å². The smallest absolute Gasteiger partial charge is 0.0121 e. The predicted octanol–water partition coefficient (Wildman–Crippen LogP) is 3.63. The molecule has 0 amide bonds. The second-order valence-electron chi connectivity index (χ2n) is 4.98. The summed E-state index contributed by atoms with van der Waals surface area (Å²) in [7, 11) is 0. The second-order valence-corrected chi connectivity index (χ2v) is 4.98. The number of rotatable bonds is 0. The van der Waals surface area contributed by atoms with Crippen LogP contribution in [-0.4, -0.2) is 0 Å². The molecule has 64 valence electrons. The molecule has 0 aliphatic heterocycles. The van der Waals surface area contributed by atoms with E-state index in [2.05, 4.69) is 46.8 Å². The standard InChI is InChI=1S/C11H20/c1-9-7-6-8-10(2,3)11(9,4)5/h6,8-9H,7H2,1-5H3. The van der Waals surface area contributed by atoms with E-state index in [0.717, 1.165) is 5.92 Å². The van der Waals surface area contributed by atoms with Crippen LogP contribution in [0.4, 0.5) is 0 Å². The zero-order chi connectivity index (χ0) is 8.70. The van der Waals surface area contributed by atoms with Crippen molar-refractivity contribution in [3.05, 3.63) is 12.2 Å². The largest absolute Gasteiger partial charge is 0.0877 e. The molecule has 11 heavy (non-hydrogen) atoms. The summed E-state index contributed by atoms with van der Waals surface area (Å²) in [5.74, 6) is 0.808. The maximum atomic E-state index is 2.38. The van der Waals surface area contributed by atoms with Gasteiger partial charge in [0.15, 0.2) is 0 Å². The van der Waals surface area contributed by atoms with Gasteiger partial charge in [0.1, 0.15) is 0 Å². The van der Waals surface area contributed by atoms with E-state index in [0.29, 0.717) is 10.8 Å². The lowest BCUT2D eigenvalue weighted by molar-refractivity contribution is 0.0795. The van der Waals surface area contributed by atoms with Crippen molar-refractivity contribution in [2.45, 2.75) is 41.0 Å². The van der Waals surface area contributed by atoms with Gasteiger partial charge in [-0.1, -0.05) is 46.8 Å². The van der Waals surface area contributed by atoms with Gasteiger partial charge in [0.2, 0.25) is 0 Å². The first kappa shape index (κ1) is 8.83. The third-order valence-corrected chi connectivity index (χ3v) is 3.92. The lowest BCUT2D eigenvalue weighted by Crippen LogP contribution is -2.38. The maximum Gasteiger partial charge on any atom is -0.0121 e. The molecule has 0 N–H and O–H groups in total. The first-order valence-electron chi connectivity index (χ1n) is 4.55. The van der Waals surface area contributed by atoms with Crippen LogP contribution >= 0.6 is 0 Å². The Kier molecular flexibility index (Phi) is 1.90. The molecule has 0 aromatic carbocycles. The Balaban J connectivity index is 2.97. The van der Waals surface area contributed by atoms with Gasteiger partial charge in [0.25, 0.3) is 0 Å². The van der Waals surface area contributed by atoms with Crippen molar-refractivity contribution in [1.29, 1.82) is 0 Å². The minimum atomic E-state index is 0.366. The molecule has 0 saturated heterocycles. The van der Waals surface area contributed by atoms with Crippen molar-refractivity contribution in [1.82, 2.24) is 0 Å². The number of hydrogen-bond acceptors (Lipinski definition) is 0. The molecule has 0 radical (unpaired) electrons. The molecular formula is C11H20. The van der Waals surface area contributed by atoms with Gasteiger partial charge in [-0.05, 0) is 23.2 Å². The Labute approximate surface area is 70.7 Å². The topological polar surface area (TPSA) is 0 Å². The van der Waals surface area contributed by atoms with E-state index >= 15 is 0 Å². The normalized spacial score (nSPS) is 33.7. The average Bonchev–Trinajstić information content (AvgIpc) is 1.84. The quantitative estimate of drug-likeness (QED) is 0.465. The molecule has 0 fully saturated rings. The monoisotopic (exact) mass is 152 g/mol. The fourth-order valence-electron chi connectivity index (χ4n) is 1.71. The van der Waals surface area contributed by atoms with Crippen molar-refractivity contribution < 1.29 is 0 Å². The Morgan fingerprint density at radius 1 is 1.18 bits per heavy atom. The first-order chi connectivity index (χ1) is 4.88. The summed E-state index contributed by atoms with van der Waals surface area (Å²) in [6, 6.07) is 0. The maximum absolute atomic E-state index is 2.38. The Bertz CT molecular complexity index is 172. The van der Waals surface area contributed by atoms with Gasteiger partial charge in [0, 0.05) is 0 Å². The summed E-state index contributed by atoms with van der Waals surface area (Å²) in [6.07, 6.45) is 5.94. The Morgan fingerprint density at radius 2 is 1.73 bits per heavy atom. The fraction of sp³-hybridized carbons (Fsp3) is 0.818. The highest BCUT2D eigenvalue weighted by atomic mass is 14.4. The third-order valence-electron chi connectivity index (χ3n) is 3.92.